The van der Waals surface area contributed by atoms with Crippen LogP contribution in [0.25, 0.3) is 0 Å². The molecule has 0 aliphatic carbocycles. The van der Waals surface area contributed by atoms with Crippen LogP contribution in [0.1, 0.15) is 21.7 Å². The summed E-state index contributed by atoms with van der Waals surface area (Å²) in [4.78, 5) is 13.5. The average Bonchev–Trinajstić information content (AvgIpc) is 2.90. The van der Waals surface area contributed by atoms with E-state index in [-0.39, 0.29) is 5.69 Å². The summed E-state index contributed by atoms with van der Waals surface area (Å²) in [5.74, 6) is -1.02. The maximum atomic E-state index is 11.5. The van der Waals surface area contributed by atoms with Gasteiger partial charge in [-0.3, -0.25) is 9.58 Å². The van der Waals surface area contributed by atoms with Gasteiger partial charge in [0.25, 0.3) is 0 Å². The number of aromatic carboxylic acids is 1. The van der Waals surface area contributed by atoms with Gasteiger partial charge in [-0.25, -0.2) is 13.2 Å². The SMILES string of the molecule is CS(=O)(=O)c1ccc(CN2CCn3nc(C(=O)O)cc3C2)cc1. The number of hydrogen-bond acceptors (Lipinski definition) is 5. The summed E-state index contributed by atoms with van der Waals surface area (Å²) in [6, 6.07) is 8.44. The van der Waals surface area contributed by atoms with Gasteiger partial charge in [0.05, 0.1) is 17.1 Å². The lowest BCUT2D eigenvalue weighted by Crippen LogP contribution is -2.33. The van der Waals surface area contributed by atoms with Crippen molar-refractivity contribution in [3.8, 4) is 0 Å². The number of rotatable bonds is 4. The van der Waals surface area contributed by atoms with Gasteiger partial charge < -0.3 is 5.11 Å². The van der Waals surface area contributed by atoms with Gasteiger partial charge in [0.15, 0.2) is 15.5 Å². The highest BCUT2D eigenvalue weighted by molar-refractivity contribution is 7.90. The molecule has 8 heteroatoms. The fourth-order valence-corrected chi connectivity index (χ4v) is 3.29. The standard InChI is InChI=1S/C15H17N3O4S/c1-23(21,22)13-4-2-11(3-5-13)9-17-6-7-18-12(10-17)8-14(16-18)15(19)20/h2-5,8H,6-7,9-10H2,1H3,(H,19,20). The molecule has 0 saturated carbocycles. The Hall–Kier alpha value is -2.19. The third-order valence-electron chi connectivity index (χ3n) is 3.85. The molecule has 1 aliphatic heterocycles. The fourth-order valence-electron chi connectivity index (χ4n) is 2.66. The van der Waals surface area contributed by atoms with E-state index in [0.717, 1.165) is 17.8 Å². The number of carboxylic acids is 1. The van der Waals surface area contributed by atoms with Crippen LogP contribution in [0.2, 0.25) is 0 Å². The molecular formula is C15H17N3O4S. The molecule has 1 N–H and O–H groups in total. The van der Waals surface area contributed by atoms with Crippen LogP contribution >= 0.6 is 0 Å². The van der Waals surface area contributed by atoms with Crippen molar-refractivity contribution in [1.82, 2.24) is 14.7 Å². The van der Waals surface area contributed by atoms with E-state index in [1.165, 1.54) is 6.26 Å². The summed E-state index contributed by atoms with van der Waals surface area (Å²) in [5.41, 5.74) is 1.96. The van der Waals surface area contributed by atoms with Crippen molar-refractivity contribution in [2.45, 2.75) is 24.5 Å². The summed E-state index contributed by atoms with van der Waals surface area (Å²) in [6.45, 7) is 2.71. The van der Waals surface area contributed by atoms with Crippen LogP contribution in [0.4, 0.5) is 0 Å². The average molecular weight is 335 g/mol. The quantitative estimate of drug-likeness (QED) is 0.896. The molecule has 0 amide bonds. The Kier molecular flexibility index (Phi) is 3.95. The maximum Gasteiger partial charge on any atom is 0.356 e. The summed E-state index contributed by atoms with van der Waals surface area (Å²) in [7, 11) is -3.18. The molecule has 0 saturated heterocycles. The van der Waals surface area contributed by atoms with E-state index in [4.69, 9.17) is 5.11 Å². The minimum absolute atomic E-state index is 0.0688. The molecule has 122 valence electrons. The number of benzene rings is 1. The topological polar surface area (TPSA) is 92.5 Å². The van der Waals surface area contributed by atoms with E-state index in [9.17, 15) is 13.2 Å². The molecule has 23 heavy (non-hydrogen) atoms. The predicted molar refractivity (Wildman–Crippen MR) is 82.9 cm³/mol. The van der Waals surface area contributed by atoms with Crippen LogP contribution in [0, 0.1) is 0 Å². The van der Waals surface area contributed by atoms with Gasteiger partial charge in [-0.05, 0) is 23.8 Å². The molecule has 2 heterocycles. The van der Waals surface area contributed by atoms with Gasteiger partial charge in [-0.1, -0.05) is 12.1 Å². The van der Waals surface area contributed by atoms with Crippen molar-refractivity contribution in [2.24, 2.45) is 0 Å². The van der Waals surface area contributed by atoms with Crippen molar-refractivity contribution in [3.63, 3.8) is 0 Å². The molecule has 7 nitrogen and oxygen atoms in total. The molecule has 3 rings (SSSR count). The molecule has 1 aliphatic rings. The predicted octanol–water partition coefficient (Wildman–Crippen LogP) is 1.00. The van der Waals surface area contributed by atoms with Crippen molar-refractivity contribution in [3.05, 3.63) is 47.3 Å². The van der Waals surface area contributed by atoms with Crippen molar-refractivity contribution >= 4 is 15.8 Å². The summed E-state index contributed by atoms with van der Waals surface area (Å²) < 4.78 is 24.7. The largest absolute Gasteiger partial charge is 0.476 e. The monoisotopic (exact) mass is 335 g/mol. The Labute approximate surface area is 134 Å². The molecule has 0 bridgehead atoms. The van der Waals surface area contributed by atoms with E-state index in [1.54, 1.807) is 22.9 Å². The van der Waals surface area contributed by atoms with E-state index in [1.807, 2.05) is 12.1 Å². The first-order valence-corrected chi connectivity index (χ1v) is 9.03. The van der Waals surface area contributed by atoms with E-state index in [0.29, 0.717) is 24.5 Å². The number of carbonyl (C=O) groups is 1. The van der Waals surface area contributed by atoms with Gasteiger partial charge in [-0.2, -0.15) is 5.10 Å². The van der Waals surface area contributed by atoms with Crippen molar-refractivity contribution in [1.29, 1.82) is 0 Å². The highest BCUT2D eigenvalue weighted by atomic mass is 32.2. The summed E-state index contributed by atoms with van der Waals surface area (Å²) in [6.07, 6.45) is 1.19. The number of sulfone groups is 1. The lowest BCUT2D eigenvalue weighted by Gasteiger charge is -2.27. The zero-order valence-electron chi connectivity index (χ0n) is 12.6. The fraction of sp³-hybridized carbons (Fsp3) is 0.333. The van der Waals surface area contributed by atoms with Gasteiger partial charge in [-0.15, -0.1) is 0 Å². The van der Waals surface area contributed by atoms with Gasteiger partial charge in [0.2, 0.25) is 0 Å². The van der Waals surface area contributed by atoms with Crippen LogP contribution < -0.4 is 0 Å². The Bertz CT molecular complexity index is 840. The van der Waals surface area contributed by atoms with Crippen LogP contribution in [0.5, 0.6) is 0 Å². The number of nitrogens with zero attached hydrogens (tertiary/aromatic N) is 3. The highest BCUT2D eigenvalue weighted by Crippen LogP contribution is 2.17. The van der Waals surface area contributed by atoms with Crippen LogP contribution in [-0.2, 0) is 29.5 Å². The molecule has 0 fully saturated rings. The van der Waals surface area contributed by atoms with Gasteiger partial charge >= 0.3 is 5.97 Å². The van der Waals surface area contributed by atoms with Gasteiger partial charge in [0, 0.05) is 25.9 Å². The van der Waals surface area contributed by atoms with Gasteiger partial charge in [0.1, 0.15) is 0 Å². The van der Waals surface area contributed by atoms with Crippen LogP contribution in [0.15, 0.2) is 35.2 Å². The van der Waals surface area contributed by atoms with Crippen LogP contribution in [0.3, 0.4) is 0 Å². The van der Waals surface area contributed by atoms with E-state index >= 15 is 0 Å². The summed E-state index contributed by atoms with van der Waals surface area (Å²) in [5, 5.41) is 13.0. The zero-order chi connectivity index (χ0) is 16.6. The summed E-state index contributed by atoms with van der Waals surface area (Å²) >= 11 is 0. The smallest absolute Gasteiger partial charge is 0.356 e. The third-order valence-corrected chi connectivity index (χ3v) is 4.98. The van der Waals surface area contributed by atoms with Crippen LogP contribution in [-0.4, -0.2) is 47.0 Å². The first-order valence-electron chi connectivity index (χ1n) is 7.14. The second-order valence-corrected chi connectivity index (χ2v) is 7.69. The lowest BCUT2D eigenvalue weighted by atomic mass is 10.2. The molecule has 0 unspecified atom stereocenters. The molecular weight excluding hydrogens is 318 g/mol. The van der Waals surface area contributed by atoms with Crippen molar-refractivity contribution in [2.75, 3.05) is 12.8 Å². The first kappa shape index (κ1) is 15.7. The number of carboxylic acid groups (broad SMARTS) is 1. The number of aromatic nitrogens is 2. The normalized spacial score (nSPS) is 15.3. The molecule has 0 spiro atoms. The Morgan fingerprint density at radius 2 is 1.96 bits per heavy atom. The van der Waals surface area contributed by atoms with E-state index in [2.05, 4.69) is 10.00 Å². The molecule has 1 aromatic heterocycles. The highest BCUT2D eigenvalue weighted by Gasteiger charge is 2.20. The Balaban J connectivity index is 1.71. The second kappa shape index (κ2) is 5.78. The second-order valence-electron chi connectivity index (χ2n) is 5.68. The Morgan fingerprint density at radius 1 is 1.26 bits per heavy atom. The lowest BCUT2D eigenvalue weighted by molar-refractivity contribution is 0.0689. The van der Waals surface area contributed by atoms with E-state index < -0.39 is 15.8 Å². The van der Waals surface area contributed by atoms with Crippen molar-refractivity contribution < 1.29 is 18.3 Å². The molecule has 0 atom stereocenters. The zero-order valence-corrected chi connectivity index (χ0v) is 13.5. The Morgan fingerprint density at radius 3 is 2.57 bits per heavy atom. The minimum Gasteiger partial charge on any atom is -0.476 e. The number of fused-ring (bicyclic) bond motifs is 1. The third kappa shape index (κ3) is 3.43. The minimum atomic E-state index is -3.18. The molecule has 0 radical (unpaired) electrons. The first-order chi connectivity index (χ1) is 10.8. The molecule has 1 aromatic carbocycles. The molecule has 2 aromatic rings. The number of hydrogen-bond donors (Lipinski definition) is 1. The maximum absolute atomic E-state index is 11.5.